The summed E-state index contributed by atoms with van der Waals surface area (Å²) >= 11 is 0. The molecule has 7 heteroatoms. The lowest BCUT2D eigenvalue weighted by Crippen LogP contribution is -2.41. The monoisotopic (exact) mass is 503 g/mol. The van der Waals surface area contributed by atoms with Gasteiger partial charge in [0.25, 0.3) is 5.91 Å². The molecule has 1 heterocycles. The smallest absolute Gasteiger partial charge is 0.328 e. The summed E-state index contributed by atoms with van der Waals surface area (Å²) in [6.07, 6.45) is 21.9. The average molecular weight is 504 g/mol. The van der Waals surface area contributed by atoms with E-state index in [0.29, 0.717) is 37.8 Å². The molecule has 36 heavy (non-hydrogen) atoms. The van der Waals surface area contributed by atoms with E-state index in [9.17, 15) is 14.4 Å². The normalized spacial score (nSPS) is 11.6. The van der Waals surface area contributed by atoms with E-state index in [1.807, 2.05) is 0 Å². The van der Waals surface area contributed by atoms with Crippen LogP contribution >= 0.6 is 0 Å². The first-order chi connectivity index (χ1) is 17.6. The Bertz CT molecular complexity index is 712. The van der Waals surface area contributed by atoms with Crippen LogP contribution in [0, 0.1) is 0 Å². The highest BCUT2D eigenvalue weighted by molar-refractivity contribution is 5.93. The molecular formula is C29H49N3O4. The van der Waals surface area contributed by atoms with Crippen LogP contribution in [-0.4, -0.2) is 42.5 Å². The molecule has 0 bridgehead atoms. The number of carbonyl (C=O) groups is 3. The van der Waals surface area contributed by atoms with Crippen LogP contribution in [0.5, 0.6) is 0 Å². The molecule has 204 valence electrons. The quantitative estimate of drug-likeness (QED) is 0.147. The number of carbonyl (C=O) groups excluding carboxylic acids is 3. The standard InChI is InChI=1S/C29H49N3O4/c1-3-4-5-6-7-8-9-10-11-12-13-14-15-21-27(33)32-26(29(35)36-2)20-16-17-23-31-28(34)25-19-18-22-30-24-25/h18-19,22,24,26H,3-17,20-21,23H2,1-2H3,(H,31,34)(H,32,33). The van der Waals surface area contributed by atoms with Gasteiger partial charge in [-0.05, 0) is 37.8 Å². The number of ether oxygens (including phenoxy) is 1. The number of hydrogen-bond donors (Lipinski definition) is 2. The van der Waals surface area contributed by atoms with Crippen LogP contribution in [0.1, 0.15) is 126 Å². The van der Waals surface area contributed by atoms with Gasteiger partial charge in [-0.2, -0.15) is 0 Å². The Morgan fingerprint density at radius 1 is 0.861 bits per heavy atom. The molecular weight excluding hydrogens is 454 g/mol. The van der Waals surface area contributed by atoms with Gasteiger partial charge in [-0.3, -0.25) is 14.6 Å². The highest BCUT2D eigenvalue weighted by Gasteiger charge is 2.20. The molecule has 1 aromatic heterocycles. The summed E-state index contributed by atoms with van der Waals surface area (Å²) in [6, 6.07) is 2.79. The Hall–Kier alpha value is -2.44. The van der Waals surface area contributed by atoms with Gasteiger partial charge in [-0.15, -0.1) is 0 Å². The molecule has 2 N–H and O–H groups in total. The minimum absolute atomic E-state index is 0.0987. The number of pyridine rings is 1. The van der Waals surface area contributed by atoms with Gasteiger partial charge >= 0.3 is 5.97 Å². The first kappa shape index (κ1) is 31.6. The third kappa shape index (κ3) is 16.3. The molecule has 0 aromatic carbocycles. The number of rotatable bonds is 22. The first-order valence-corrected chi connectivity index (χ1v) is 14.1. The number of hydrogen-bond acceptors (Lipinski definition) is 5. The SMILES string of the molecule is CCCCCCCCCCCCCCCC(=O)NC(CCCCNC(=O)c1cccnc1)C(=O)OC. The lowest BCUT2D eigenvalue weighted by atomic mass is 10.0. The Kier molecular flexibility index (Phi) is 19.1. The summed E-state index contributed by atoms with van der Waals surface area (Å²) < 4.78 is 4.86. The van der Waals surface area contributed by atoms with Gasteiger partial charge in [0.2, 0.25) is 5.91 Å². The van der Waals surface area contributed by atoms with E-state index in [4.69, 9.17) is 4.74 Å². The molecule has 1 rings (SSSR count). The molecule has 0 saturated carbocycles. The molecule has 0 spiro atoms. The van der Waals surface area contributed by atoms with Crippen molar-refractivity contribution in [3.8, 4) is 0 Å². The summed E-state index contributed by atoms with van der Waals surface area (Å²) in [5.41, 5.74) is 0.519. The van der Waals surface area contributed by atoms with Crippen LogP contribution < -0.4 is 10.6 Å². The molecule has 1 aromatic rings. The number of methoxy groups -OCH3 is 1. The maximum absolute atomic E-state index is 12.3. The van der Waals surface area contributed by atoms with Crippen molar-refractivity contribution in [2.75, 3.05) is 13.7 Å². The van der Waals surface area contributed by atoms with Crippen LogP contribution in [0.3, 0.4) is 0 Å². The number of amides is 2. The van der Waals surface area contributed by atoms with E-state index >= 15 is 0 Å². The third-order valence-electron chi connectivity index (χ3n) is 6.46. The maximum Gasteiger partial charge on any atom is 0.328 e. The molecule has 2 amide bonds. The third-order valence-corrected chi connectivity index (χ3v) is 6.46. The zero-order valence-corrected chi connectivity index (χ0v) is 22.7. The summed E-state index contributed by atoms with van der Waals surface area (Å²) in [4.78, 5) is 40.4. The Morgan fingerprint density at radius 3 is 2.03 bits per heavy atom. The average Bonchev–Trinajstić information content (AvgIpc) is 2.90. The first-order valence-electron chi connectivity index (χ1n) is 14.1. The lowest BCUT2D eigenvalue weighted by Gasteiger charge is -2.16. The summed E-state index contributed by atoms with van der Waals surface area (Å²) in [7, 11) is 1.34. The van der Waals surface area contributed by atoms with Crippen LogP contribution in [0.25, 0.3) is 0 Å². The van der Waals surface area contributed by atoms with Gasteiger partial charge in [0.05, 0.1) is 12.7 Å². The summed E-state index contributed by atoms with van der Waals surface area (Å²) in [5.74, 6) is -0.690. The second-order valence-electron chi connectivity index (χ2n) is 9.63. The Morgan fingerprint density at radius 2 is 1.47 bits per heavy atom. The van der Waals surface area contributed by atoms with Crippen LogP contribution in [0.2, 0.25) is 0 Å². The molecule has 0 saturated heterocycles. The predicted octanol–water partition coefficient (Wildman–Crippen LogP) is 6.12. The van der Waals surface area contributed by atoms with Crippen molar-refractivity contribution >= 4 is 17.8 Å². The van der Waals surface area contributed by atoms with Gasteiger partial charge in [-0.1, -0.05) is 84.0 Å². The van der Waals surface area contributed by atoms with Crippen molar-refractivity contribution in [2.24, 2.45) is 0 Å². The number of nitrogens with one attached hydrogen (secondary N) is 2. The predicted molar refractivity (Wildman–Crippen MR) is 145 cm³/mol. The van der Waals surface area contributed by atoms with E-state index in [1.165, 1.54) is 77.5 Å². The maximum atomic E-state index is 12.3. The van der Waals surface area contributed by atoms with Gasteiger partial charge in [0.15, 0.2) is 0 Å². The largest absolute Gasteiger partial charge is 0.467 e. The molecule has 0 fully saturated rings. The Labute approximate surface area is 218 Å². The zero-order chi connectivity index (χ0) is 26.3. The number of nitrogens with zero attached hydrogens (tertiary/aromatic N) is 1. The molecule has 0 aliphatic carbocycles. The Balaban J connectivity index is 2.07. The van der Waals surface area contributed by atoms with Crippen LogP contribution in [0.4, 0.5) is 0 Å². The van der Waals surface area contributed by atoms with Crippen molar-refractivity contribution in [3.05, 3.63) is 30.1 Å². The number of esters is 1. The molecule has 1 unspecified atom stereocenters. The van der Waals surface area contributed by atoms with Gasteiger partial charge in [-0.25, -0.2) is 4.79 Å². The van der Waals surface area contributed by atoms with E-state index in [2.05, 4.69) is 22.5 Å². The topological polar surface area (TPSA) is 97.4 Å². The van der Waals surface area contributed by atoms with Gasteiger partial charge in [0, 0.05) is 25.4 Å². The van der Waals surface area contributed by atoms with E-state index in [1.54, 1.807) is 18.3 Å². The second-order valence-corrected chi connectivity index (χ2v) is 9.63. The zero-order valence-electron chi connectivity index (χ0n) is 22.7. The fourth-order valence-corrected chi connectivity index (χ4v) is 4.24. The van der Waals surface area contributed by atoms with Crippen molar-refractivity contribution in [2.45, 2.75) is 122 Å². The van der Waals surface area contributed by atoms with Crippen LogP contribution in [0.15, 0.2) is 24.5 Å². The fourth-order valence-electron chi connectivity index (χ4n) is 4.24. The van der Waals surface area contributed by atoms with Gasteiger partial charge in [0.1, 0.15) is 6.04 Å². The van der Waals surface area contributed by atoms with Gasteiger partial charge < -0.3 is 15.4 Å². The lowest BCUT2D eigenvalue weighted by molar-refractivity contribution is -0.145. The molecule has 0 aliphatic rings. The van der Waals surface area contributed by atoms with Crippen molar-refractivity contribution in [1.29, 1.82) is 0 Å². The summed E-state index contributed by atoms with van der Waals surface area (Å²) in [6.45, 7) is 2.75. The van der Waals surface area contributed by atoms with E-state index in [-0.39, 0.29) is 11.8 Å². The highest BCUT2D eigenvalue weighted by atomic mass is 16.5. The fraction of sp³-hybridized carbons (Fsp3) is 0.724. The van der Waals surface area contributed by atoms with Crippen molar-refractivity contribution in [1.82, 2.24) is 15.6 Å². The number of unbranched alkanes of at least 4 members (excludes halogenated alkanes) is 13. The molecule has 0 radical (unpaired) electrons. The van der Waals surface area contributed by atoms with Crippen molar-refractivity contribution in [3.63, 3.8) is 0 Å². The minimum Gasteiger partial charge on any atom is -0.467 e. The summed E-state index contributed by atoms with van der Waals surface area (Å²) in [5, 5.41) is 5.67. The molecule has 0 aliphatic heterocycles. The van der Waals surface area contributed by atoms with Crippen LogP contribution in [-0.2, 0) is 14.3 Å². The number of aromatic nitrogens is 1. The van der Waals surface area contributed by atoms with E-state index in [0.717, 1.165) is 19.3 Å². The van der Waals surface area contributed by atoms with E-state index < -0.39 is 12.0 Å². The second kappa shape index (κ2) is 21.8. The molecule has 1 atom stereocenters. The minimum atomic E-state index is -0.640. The highest BCUT2D eigenvalue weighted by Crippen LogP contribution is 2.13. The van der Waals surface area contributed by atoms with Crippen molar-refractivity contribution < 1.29 is 19.1 Å². The molecule has 7 nitrogen and oxygen atoms in total.